The average molecular weight is 391 g/mol. The second-order valence-corrected chi connectivity index (χ2v) is 8.56. The summed E-state index contributed by atoms with van der Waals surface area (Å²) in [7, 11) is 0. The SMILES string of the molecule is Cc1ccc(-c2ccc(C(C)Cc3ccc(C)c(-c4ccccc4C)c3)cc2)cc1. The quantitative estimate of drug-likeness (QED) is 0.321. The largest absolute Gasteiger partial charge is 0.0620 e. The summed E-state index contributed by atoms with van der Waals surface area (Å²) in [5, 5.41) is 0. The molecule has 0 heteroatoms. The summed E-state index contributed by atoms with van der Waals surface area (Å²) in [6.07, 6.45) is 1.04. The summed E-state index contributed by atoms with van der Waals surface area (Å²) in [5.41, 5.74) is 12.0. The maximum absolute atomic E-state index is 2.38. The Hall–Kier alpha value is -3.12. The molecule has 0 radical (unpaired) electrons. The molecule has 0 aliphatic heterocycles. The van der Waals surface area contributed by atoms with E-state index in [1.54, 1.807) is 0 Å². The monoisotopic (exact) mass is 390 g/mol. The van der Waals surface area contributed by atoms with Gasteiger partial charge >= 0.3 is 0 Å². The van der Waals surface area contributed by atoms with E-state index in [0.717, 1.165) is 6.42 Å². The highest BCUT2D eigenvalue weighted by molar-refractivity contribution is 5.71. The lowest BCUT2D eigenvalue weighted by molar-refractivity contribution is 0.759. The Morgan fingerprint density at radius 1 is 0.600 bits per heavy atom. The van der Waals surface area contributed by atoms with Gasteiger partial charge in [0.2, 0.25) is 0 Å². The second kappa shape index (κ2) is 8.71. The van der Waals surface area contributed by atoms with Crippen LogP contribution in [0.4, 0.5) is 0 Å². The van der Waals surface area contributed by atoms with Crippen LogP contribution in [0, 0.1) is 20.8 Å². The summed E-state index contributed by atoms with van der Waals surface area (Å²) in [5.74, 6) is 0.476. The van der Waals surface area contributed by atoms with Gasteiger partial charge in [-0.1, -0.05) is 103 Å². The third-order valence-corrected chi connectivity index (χ3v) is 6.14. The maximum atomic E-state index is 2.38. The zero-order valence-electron chi connectivity index (χ0n) is 18.4. The van der Waals surface area contributed by atoms with E-state index in [9.17, 15) is 0 Å². The molecule has 0 aliphatic carbocycles. The van der Waals surface area contributed by atoms with Crippen molar-refractivity contribution >= 4 is 0 Å². The fourth-order valence-corrected chi connectivity index (χ4v) is 4.18. The molecule has 0 aromatic heterocycles. The van der Waals surface area contributed by atoms with Gasteiger partial charge in [0.25, 0.3) is 0 Å². The molecule has 30 heavy (non-hydrogen) atoms. The molecule has 1 unspecified atom stereocenters. The lowest BCUT2D eigenvalue weighted by Gasteiger charge is -2.16. The maximum Gasteiger partial charge on any atom is -0.0149 e. The van der Waals surface area contributed by atoms with Crippen molar-refractivity contribution in [2.45, 2.75) is 40.0 Å². The molecule has 150 valence electrons. The second-order valence-electron chi connectivity index (χ2n) is 8.56. The van der Waals surface area contributed by atoms with E-state index in [-0.39, 0.29) is 0 Å². The minimum atomic E-state index is 0.476. The molecule has 0 bridgehead atoms. The molecule has 0 spiro atoms. The summed E-state index contributed by atoms with van der Waals surface area (Å²) < 4.78 is 0. The lowest BCUT2D eigenvalue weighted by atomic mass is 9.89. The number of hydrogen-bond acceptors (Lipinski definition) is 0. The smallest absolute Gasteiger partial charge is 0.0149 e. The van der Waals surface area contributed by atoms with Gasteiger partial charge in [-0.3, -0.25) is 0 Å². The van der Waals surface area contributed by atoms with Gasteiger partial charge in [-0.05, 0) is 77.6 Å². The Labute approximate surface area is 181 Å². The summed E-state index contributed by atoms with van der Waals surface area (Å²) in [6, 6.07) is 33.4. The number of aryl methyl sites for hydroxylation is 3. The van der Waals surface area contributed by atoms with Gasteiger partial charge in [0.1, 0.15) is 0 Å². The van der Waals surface area contributed by atoms with Crippen molar-refractivity contribution < 1.29 is 0 Å². The predicted octanol–water partition coefficient (Wildman–Crippen LogP) is 8.29. The molecule has 4 rings (SSSR count). The Balaban J connectivity index is 1.54. The van der Waals surface area contributed by atoms with Crippen molar-refractivity contribution in [2.24, 2.45) is 0 Å². The molecule has 0 aliphatic rings. The molecule has 1 atom stereocenters. The highest BCUT2D eigenvalue weighted by atomic mass is 14.2. The first kappa shape index (κ1) is 20.2. The van der Waals surface area contributed by atoms with Crippen molar-refractivity contribution in [1.29, 1.82) is 0 Å². The average Bonchev–Trinajstić information content (AvgIpc) is 2.76. The summed E-state index contributed by atoms with van der Waals surface area (Å²) in [4.78, 5) is 0. The van der Waals surface area contributed by atoms with Gasteiger partial charge in [-0.15, -0.1) is 0 Å². The van der Waals surface area contributed by atoms with Crippen LogP contribution < -0.4 is 0 Å². The molecule has 4 aromatic carbocycles. The van der Waals surface area contributed by atoms with Crippen LogP contribution in [0.5, 0.6) is 0 Å². The van der Waals surface area contributed by atoms with E-state index in [2.05, 4.69) is 119 Å². The molecule has 4 aromatic rings. The first-order valence-electron chi connectivity index (χ1n) is 10.8. The van der Waals surface area contributed by atoms with Gasteiger partial charge in [-0.2, -0.15) is 0 Å². The van der Waals surface area contributed by atoms with Crippen LogP contribution in [-0.4, -0.2) is 0 Å². The van der Waals surface area contributed by atoms with Crippen LogP contribution in [0.25, 0.3) is 22.3 Å². The molecule has 0 amide bonds. The highest BCUT2D eigenvalue weighted by Gasteiger charge is 2.11. The van der Waals surface area contributed by atoms with Crippen LogP contribution in [-0.2, 0) is 6.42 Å². The van der Waals surface area contributed by atoms with Crippen molar-refractivity contribution in [3.8, 4) is 22.3 Å². The van der Waals surface area contributed by atoms with Crippen LogP contribution in [0.1, 0.15) is 40.7 Å². The van der Waals surface area contributed by atoms with Gasteiger partial charge in [-0.25, -0.2) is 0 Å². The van der Waals surface area contributed by atoms with Crippen molar-refractivity contribution in [1.82, 2.24) is 0 Å². The topological polar surface area (TPSA) is 0 Å². The third-order valence-electron chi connectivity index (χ3n) is 6.14. The first-order chi connectivity index (χ1) is 14.5. The van der Waals surface area contributed by atoms with E-state index in [1.165, 1.54) is 50.1 Å². The Kier molecular flexibility index (Phi) is 5.86. The van der Waals surface area contributed by atoms with Crippen LogP contribution in [0.2, 0.25) is 0 Å². The van der Waals surface area contributed by atoms with Crippen molar-refractivity contribution in [2.75, 3.05) is 0 Å². The number of benzene rings is 4. The molecule has 0 N–H and O–H groups in total. The molecule has 0 saturated heterocycles. The minimum Gasteiger partial charge on any atom is -0.0620 e. The van der Waals surface area contributed by atoms with E-state index in [0.29, 0.717) is 5.92 Å². The van der Waals surface area contributed by atoms with Crippen LogP contribution in [0.15, 0.2) is 91.0 Å². The summed E-state index contributed by atoms with van der Waals surface area (Å²) in [6.45, 7) is 8.86. The first-order valence-corrected chi connectivity index (χ1v) is 10.8. The molecule has 0 saturated carbocycles. The molecule has 0 fully saturated rings. The Morgan fingerprint density at radius 2 is 1.20 bits per heavy atom. The third kappa shape index (κ3) is 4.39. The molecule has 0 heterocycles. The predicted molar refractivity (Wildman–Crippen MR) is 130 cm³/mol. The normalized spacial score (nSPS) is 12.0. The molecular formula is C30H30. The molecular weight excluding hydrogens is 360 g/mol. The summed E-state index contributed by atoms with van der Waals surface area (Å²) >= 11 is 0. The fraction of sp³-hybridized carbons (Fsp3) is 0.200. The highest BCUT2D eigenvalue weighted by Crippen LogP contribution is 2.30. The Bertz CT molecular complexity index is 1130. The zero-order chi connectivity index (χ0) is 21.1. The van der Waals surface area contributed by atoms with Gasteiger partial charge in [0, 0.05) is 0 Å². The lowest BCUT2D eigenvalue weighted by Crippen LogP contribution is -1.99. The van der Waals surface area contributed by atoms with E-state index >= 15 is 0 Å². The number of hydrogen-bond donors (Lipinski definition) is 0. The van der Waals surface area contributed by atoms with Gasteiger partial charge < -0.3 is 0 Å². The standard InChI is InChI=1S/C30H30/c1-21-9-13-27(14-10-21)28-17-15-26(16-18-28)24(4)19-25-12-11-23(3)30(20-25)29-8-6-5-7-22(29)2/h5-18,20,24H,19H2,1-4H3. The number of rotatable bonds is 5. The van der Waals surface area contributed by atoms with Crippen molar-refractivity contribution in [3.05, 3.63) is 119 Å². The van der Waals surface area contributed by atoms with E-state index < -0.39 is 0 Å². The molecule has 0 nitrogen and oxygen atoms in total. The Morgan fingerprint density at radius 3 is 1.87 bits per heavy atom. The van der Waals surface area contributed by atoms with Crippen molar-refractivity contribution in [3.63, 3.8) is 0 Å². The van der Waals surface area contributed by atoms with Crippen LogP contribution in [0.3, 0.4) is 0 Å². The van der Waals surface area contributed by atoms with Gasteiger partial charge in [0.05, 0.1) is 0 Å². The zero-order valence-corrected chi connectivity index (χ0v) is 18.4. The van der Waals surface area contributed by atoms with E-state index in [1.807, 2.05) is 0 Å². The fourth-order valence-electron chi connectivity index (χ4n) is 4.18. The van der Waals surface area contributed by atoms with E-state index in [4.69, 9.17) is 0 Å². The minimum absolute atomic E-state index is 0.476. The van der Waals surface area contributed by atoms with Gasteiger partial charge in [0.15, 0.2) is 0 Å². The van der Waals surface area contributed by atoms with Crippen LogP contribution >= 0.6 is 0 Å².